The third kappa shape index (κ3) is 13.3. The van der Waals surface area contributed by atoms with Gasteiger partial charge < -0.3 is 0 Å². The van der Waals surface area contributed by atoms with Crippen LogP contribution >= 0.6 is 0 Å². The second kappa shape index (κ2) is 17.8. The summed E-state index contributed by atoms with van der Waals surface area (Å²) in [7, 11) is 0. The molecule has 0 aliphatic rings. The van der Waals surface area contributed by atoms with Gasteiger partial charge >= 0.3 is 0 Å². The van der Waals surface area contributed by atoms with Crippen LogP contribution in [0, 0.1) is 17.8 Å². The van der Waals surface area contributed by atoms with Gasteiger partial charge in [-0.25, -0.2) is 0 Å². The standard InChI is InChI=1S/C24H50/c1-6-10-12-14-16-18-23(8-3)21-20-22(5)24(9-4)19-17-15-13-11-7-2/h22-24H,6-21H2,1-5H3. The lowest BCUT2D eigenvalue weighted by atomic mass is 9.81. The predicted octanol–water partition coefficient (Wildman–Crippen LogP) is 9.18. The molecular formula is C24H50. The molecule has 146 valence electrons. The molecule has 0 aromatic rings. The Bertz CT molecular complexity index is 232. The molecule has 0 amide bonds. The van der Waals surface area contributed by atoms with E-state index >= 15 is 0 Å². The van der Waals surface area contributed by atoms with E-state index in [1.165, 1.54) is 103 Å². The first kappa shape index (κ1) is 24.0. The van der Waals surface area contributed by atoms with Gasteiger partial charge in [-0.3, -0.25) is 0 Å². The van der Waals surface area contributed by atoms with Crippen LogP contribution in [0.4, 0.5) is 0 Å². The average Bonchev–Trinajstić information content (AvgIpc) is 2.60. The van der Waals surface area contributed by atoms with E-state index < -0.39 is 0 Å². The van der Waals surface area contributed by atoms with E-state index in [2.05, 4.69) is 34.6 Å². The first-order valence-corrected chi connectivity index (χ1v) is 11.7. The fourth-order valence-electron chi connectivity index (χ4n) is 4.22. The summed E-state index contributed by atoms with van der Waals surface area (Å²) in [4.78, 5) is 0. The highest BCUT2D eigenvalue weighted by molar-refractivity contribution is 4.68. The van der Waals surface area contributed by atoms with E-state index in [1.54, 1.807) is 0 Å². The summed E-state index contributed by atoms with van der Waals surface area (Å²) in [5.74, 6) is 2.92. The van der Waals surface area contributed by atoms with Crippen molar-refractivity contribution in [2.45, 2.75) is 137 Å². The van der Waals surface area contributed by atoms with Gasteiger partial charge in [0.25, 0.3) is 0 Å². The fraction of sp³-hybridized carbons (Fsp3) is 1.00. The van der Waals surface area contributed by atoms with Gasteiger partial charge in [-0.05, 0) is 17.8 Å². The van der Waals surface area contributed by atoms with Crippen molar-refractivity contribution in [3.8, 4) is 0 Å². The summed E-state index contributed by atoms with van der Waals surface area (Å²) in [5, 5.41) is 0. The second-order valence-corrected chi connectivity index (χ2v) is 8.40. The normalized spacial score (nSPS) is 15.4. The Labute approximate surface area is 155 Å². The van der Waals surface area contributed by atoms with Crippen molar-refractivity contribution in [3.63, 3.8) is 0 Å². The molecule has 0 aliphatic carbocycles. The minimum absolute atomic E-state index is 0.940. The summed E-state index contributed by atoms with van der Waals surface area (Å²) in [6.45, 7) is 12.0. The van der Waals surface area contributed by atoms with Crippen LogP contribution in [0.1, 0.15) is 137 Å². The predicted molar refractivity (Wildman–Crippen MR) is 113 cm³/mol. The molecule has 0 aliphatic heterocycles. The monoisotopic (exact) mass is 338 g/mol. The van der Waals surface area contributed by atoms with E-state index in [0.717, 1.165) is 17.8 Å². The van der Waals surface area contributed by atoms with Crippen molar-refractivity contribution in [1.82, 2.24) is 0 Å². The lowest BCUT2D eigenvalue weighted by molar-refractivity contribution is 0.269. The molecule has 0 heteroatoms. The van der Waals surface area contributed by atoms with Gasteiger partial charge in [0.2, 0.25) is 0 Å². The van der Waals surface area contributed by atoms with Gasteiger partial charge in [0.15, 0.2) is 0 Å². The first-order chi connectivity index (χ1) is 11.7. The summed E-state index contributed by atoms with van der Waals surface area (Å²) >= 11 is 0. The fourth-order valence-corrected chi connectivity index (χ4v) is 4.22. The maximum Gasteiger partial charge on any atom is -0.0391 e. The smallest absolute Gasteiger partial charge is 0.0391 e. The SMILES string of the molecule is CCCCCCCC(CC)CCC(C)C(CC)CCCCCCC. The highest BCUT2D eigenvalue weighted by atomic mass is 14.2. The Kier molecular flexibility index (Phi) is 17.8. The van der Waals surface area contributed by atoms with Crippen molar-refractivity contribution in [1.29, 1.82) is 0 Å². The average molecular weight is 339 g/mol. The zero-order valence-electron chi connectivity index (χ0n) is 18.0. The highest BCUT2D eigenvalue weighted by Crippen LogP contribution is 2.29. The van der Waals surface area contributed by atoms with Gasteiger partial charge in [-0.2, -0.15) is 0 Å². The van der Waals surface area contributed by atoms with Gasteiger partial charge in [0.05, 0.1) is 0 Å². The lowest BCUT2D eigenvalue weighted by Crippen LogP contribution is -2.13. The van der Waals surface area contributed by atoms with Crippen molar-refractivity contribution in [3.05, 3.63) is 0 Å². The molecule has 0 rings (SSSR count). The number of hydrogen-bond donors (Lipinski definition) is 0. The Hall–Kier alpha value is 0. The van der Waals surface area contributed by atoms with Gasteiger partial charge in [-0.15, -0.1) is 0 Å². The lowest BCUT2D eigenvalue weighted by Gasteiger charge is -2.25. The number of unbranched alkanes of at least 4 members (excludes halogenated alkanes) is 8. The van der Waals surface area contributed by atoms with Gasteiger partial charge in [0, 0.05) is 0 Å². The Morgan fingerprint density at radius 1 is 0.500 bits per heavy atom. The summed E-state index contributed by atoms with van der Waals surface area (Å²) < 4.78 is 0. The Morgan fingerprint density at radius 3 is 1.54 bits per heavy atom. The highest BCUT2D eigenvalue weighted by Gasteiger charge is 2.17. The van der Waals surface area contributed by atoms with Crippen LogP contribution in [0.2, 0.25) is 0 Å². The third-order valence-corrected chi connectivity index (χ3v) is 6.33. The van der Waals surface area contributed by atoms with Crippen LogP contribution in [-0.4, -0.2) is 0 Å². The van der Waals surface area contributed by atoms with Crippen LogP contribution < -0.4 is 0 Å². The number of rotatable bonds is 18. The maximum absolute atomic E-state index is 2.54. The summed E-state index contributed by atoms with van der Waals surface area (Å²) in [5.41, 5.74) is 0. The van der Waals surface area contributed by atoms with Crippen molar-refractivity contribution in [2.24, 2.45) is 17.8 Å². The minimum atomic E-state index is 0.940. The molecule has 0 fully saturated rings. The van der Waals surface area contributed by atoms with Gasteiger partial charge in [0.1, 0.15) is 0 Å². The van der Waals surface area contributed by atoms with Crippen LogP contribution in [0.3, 0.4) is 0 Å². The maximum atomic E-state index is 2.54. The molecule has 0 heterocycles. The summed E-state index contributed by atoms with van der Waals surface area (Å²) in [6.07, 6.45) is 23.1. The van der Waals surface area contributed by atoms with E-state index in [4.69, 9.17) is 0 Å². The van der Waals surface area contributed by atoms with E-state index in [0.29, 0.717) is 0 Å². The van der Waals surface area contributed by atoms with E-state index in [1.807, 2.05) is 0 Å². The Balaban J connectivity index is 3.87. The van der Waals surface area contributed by atoms with E-state index in [-0.39, 0.29) is 0 Å². The molecule has 0 N–H and O–H groups in total. The second-order valence-electron chi connectivity index (χ2n) is 8.40. The van der Waals surface area contributed by atoms with Crippen molar-refractivity contribution in [2.75, 3.05) is 0 Å². The van der Waals surface area contributed by atoms with Crippen LogP contribution in [-0.2, 0) is 0 Å². The largest absolute Gasteiger partial charge is 0.0654 e. The summed E-state index contributed by atoms with van der Waals surface area (Å²) in [6, 6.07) is 0. The van der Waals surface area contributed by atoms with Crippen LogP contribution in [0.15, 0.2) is 0 Å². The zero-order valence-corrected chi connectivity index (χ0v) is 18.0. The van der Waals surface area contributed by atoms with Gasteiger partial charge in [-0.1, -0.05) is 137 Å². The molecule has 0 saturated carbocycles. The van der Waals surface area contributed by atoms with Crippen LogP contribution in [0.25, 0.3) is 0 Å². The topological polar surface area (TPSA) is 0 Å². The molecule has 3 atom stereocenters. The molecule has 0 aromatic heterocycles. The Morgan fingerprint density at radius 2 is 1.04 bits per heavy atom. The molecule has 3 unspecified atom stereocenters. The zero-order chi connectivity index (χ0) is 18.0. The van der Waals surface area contributed by atoms with Crippen molar-refractivity contribution < 1.29 is 0 Å². The molecule has 24 heavy (non-hydrogen) atoms. The van der Waals surface area contributed by atoms with Crippen molar-refractivity contribution >= 4 is 0 Å². The quantitative estimate of drug-likeness (QED) is 0.218. The molecular weight excluding hydrogens is 288 g/mol. The third-order valence-electron chi connectivity index (χ3n) is 6.33. The molecule has 0 radical (unpaired) electrons. The van der Waals surface area contributed by atoms with E-state index in [9.17, 15) is 0 Å². The molecule has 0 nitrogen and oxygen atoms in total. The molecule has 0 bridgehead atoms. The molecule has 0 aromatic carbocycles. The molecule has 0 spiro atoms. The molecule has 0 saturated heterocycles. The first-order valence-electron chi connectivity index (χ1n) is 11.7. The van der Waals surface area contributed by atoms with Crippen LogP contribution in [0.5, 0.6) is 0 Å². The minimum Gasteiger partial charge on any atom is -0.0654 e. The number of hydrogen-bond acceptors (Lipinski definition) is 0.